The van der Waals surface area contributed by atoms with Crippen molar-refractivity contribution in [1.82, 2.24) is 15.1 Å². The van der Waals surface area contributed by atoms with Gasteiger partial charge in [-0.3, -0.25) is 9.89 Å². The van der Waals surface area contributed by atoms with Gasteiger partial charge in [0.2, 0.25) is 0 Å². The first-order valence-electron chi connectivity index (χ1n) is 9.19. The van der Waals surface area contributed by atoms with E-state index in [0.29, 0.717) is 19.3 Å². The van der Waals surface area contributed by atoms with Crippen molar-refractivity contribution in [3.05, 3.63) is 0 Å². The van der Waals surface area contributed by atoms with Gasteiger partial charge in [0.1, 0.15) is 0 Å². The molecule has 0 spiro atoms. The van der Waals surface area contributed by atoms with Gasteiger partial charge in [-0.25, -0.2) is 0 Å². The van der Waals surface area contributed by atoms with E-state index in [1.54, 1.807) is 7.11 Å². The van der Waals surface area contributed by atoms with E-state index in [1.165, 1.54) is 6.42 Å². The van der Waals surface area contributed by atoms with Crippen molar-refractivity contribution >= 4 is 29.9 Å². The first-order chi connectivity index (χ1) is 11.8. The molecule has 2 aliphatic heterocycles. The van der Waals surface area contributed by atoms with Crippen LogP contribution in [-0.4, -0.2) is 102 Å². The Balaban J connectivity index is 0.00000312. The normalized spacial score (nSPS) is 22.1. The molecular weight excluding hydrogens is 435 g/mol. The Hall–Kier alpha value is -0.160. The molecule has 25 heavy (non-hydrogen) atoms. The highest BCUT2D eigenvalue weighted by molar-refractivity contribution is 14.0. The minimum Gasteiger partial charge on any atom is -0.382 e. The van der Waals surface area contributed by atoms with Crippen LogP contribution in [0.4, 0.5) is 0 Å². The Morgan fingerprint density at radius 2 is 1.96 bits per heavy atom. The summed E-state index contributed by atoms with van der Waals surface area (Å²) < 4.78 is 15.9. The first kappa shape index (κ1) is 22.9. The molecule has 0 aliphatic carbocycles. The lowest BCUT2D eigenvalue weighted by Gasteiger charge is -2.32. The number of halogens is 1. The number of unbranched alkanes of at least 4 members (excludes halogenated alkanes) is 1. The van der Waals surface area contributed by atoms with E-state index in [-0.39, 0.29) is 24.0 Å². The van der Waals surface area contributed by atoms with Crippen LogP contribution < -0.4 is 5.32 Å². The van der Waals surface area contributed by atoms with Crippen molar-refractivity contribution < 1.29 is 14.2 Å². The van der Waals surface area contributed by atoms with Crippen LogP contribution in [0.5, 0.6) is 0 Å². The fourth-order valence-electron chi connectivity index (χ4n) is 3.28. The van der Waals surface area contributed by atoms with E-state index in [0.717, 1.165) is 71.3 Å². The molecule has 0 amide bonds. The van der Waals surface area contributed by atoms with Gasteiger partial charge in [0.05, 0.1) is 26.4 Å². The monoisotopic (exact) mass is 470 g/mol. The number of morpholine rings is 1. The lowest BCUT2D eigenvalue weighted by atomic mass is 10.2. The number of nitrogens with zero attached hydrogens (tertiary/aromatic N) is 3. The molecule has 0 aromatic carbocycles. The van der Waals surface area contributed by atoms with Gasteiger partial charge in [0.25, 0.3) is 0 Å². The maximum absolute atomic E-state index is 5.48. The lowest BCUT2D eigenvalue weighted by molar-refractivity contribution is 0.0195. The number of ether oxygens (including phenoxy) is 3. The SMILES string of the molecule is CN=C(NCCCCOCCOC)N1CCC(N2CCOCC2)C1.I. The third-order valence-electron chi connectivity index (χ3n) is 4.67. The van der Waals surface area contributed by atoms with Gasteiger partial charge in [-0.2, -0.15) is 0 Å². The number of rotatable bonds is 9. The van der Waals surface area contributed by atoms with Gasteiger partial charge >= 0.3 is 0 Å². The van der Waals surface area contributed by atoms with Crippen LogP contribution in [0.3, 0.4) is 0 Å². The zero-order valence-electron chi connectivity index (χ0n) is 15.7. The molecule has 1 unspecified atom stereocenters. The topological polar surface area (TPSA) is 58.6 Å². The van der Waals surface area contributed by atoms with Crippen molar-refractivity contribution in [1.29, 1.82) is 0 Å². The summed E-state index contributed by atoms with van der Waals surface area (Å²) in [7, 11) is 3.57. The standard InChI is InChI=1S/C17H34N4O3.HI/c1-18-17(19-6-3-4-10-23-14-13-22-2)21-7-5-16(15-21)20-8-11-24-12-9-20;/h16H,3-15H2,1-2H3,(H,18,19);1H. The molecule has 8 heteroatoms. The molecule has 2 saturated heterocycles. The third-order valence-corrected chi connectivity index (χ3v) is 4.67. The number of hydrogen-bond acceptors (Lipinski definition) is 5. The highest BCUT2D eigenvalue weighted by atomic mass is 127. The Bertz CT molecular complexity index is 368. The van der Waals surface area contributed by atoms with Crippen LogP contribution in [-0.2, 0) is 14.2 Å². The Labute approximate surface area is 169 Å². The molecule has 2 rings (SSSR count). The summed E-state index contributed by atoms with van der Waals surface area (Å²) in [6.07, 6.45) is 3.37. The maximum atomic E-state index is 5.48. The molecule has 1 N–H and O–H groups in total. The third kappa shape index (κ3) is 8.38. The van der Waals surface area contributed by atoms with E-state index < -0.39 is 0 Å². The molecule has 0 radical (unpaired) electrons. The van der Waals surface area contributed by atoms with Crippen molar-refractivity contribution in [2.24, 2.45) is 4.99 Å². The van der Waals surface area contributed by atoms with Crippen molar-refractivity contribution in [3.63, 3.8) is 0 Å². The van der Waals surface area contributed by atoms with Crippen LogP contribution >= 0.6 is 24.0 Å². The number of aliphatic imine (C=N–C) groups is 1. The lowest BCUT2D eigenvalue weighted by Crippen LogP contribution is -2.46. The molecule has 1 atom stereocenters. The fraction of sp³-hybridized carbons (Fsp3) is 0.941. The van der Waals surface area contributed by atoms with Crippen LogP contribution in [0.15, 0.2) is 4.99 Å². The van der Waals surface area contributed by atoms with Crippen LogP contribution in [0.25, 0.3) is 0 Å². The van der Waals surface area contributed by atoms with Crippen LogP contribution in [0.1, 0.15) is 19.3 Å². The van der Waals surface area contributed by atoms with E-state index >= 15 is 0 Å². The molecule has 2 heterocycles. The van der Waals surface area contributed by atoms with Crippen molar-refractivity contribution in [2.45, 2.75) is 25.3 Å². The average Bonchev–Trinajstić information content (AvgIpc) is 3.11. The van der Waals surface area contributed by atoms with Crippen molar-refractivity contribution in [2.75, 3.05) is 79.9 Å². The Morgan fingerprint density at radius 1 is 1.16 bits per heavy atom. The van der Waals surface area contributed by atoms with Gasteiger partial charge in [-0.1, -0.05) is 0 Å². The average molecular weight is 470 g/mol. The van der Waals surface area contributed by atoms with Crippen molar-refractivity contribution in [3.8, 4) is 0 Å². The molecule has 148 valence electrons. The molecule has 7 nitrogen and oxygen atoms in total. The summed E-state index contributed by atoms with van der Waals surface area (Å²) >= 11 is 0. The molecule has 2 fully saturated rings. The molecular formula is C17H35IN4O3. The number of hydrogen-bond donors (Lipinski definition) is 1. The fourth-order valence-corrected chi connectivity index (χ4v) is 3.28. The molecule has 0 aromatic rings. The van der Waals surface area contributed by atoms with Crippen LogP contribution in [0, 0.1) is 0 Å². The summed E-state index contributed by atoms with van der Waals surface area (Å²) in [5, 5.41) is 3.49. The number of likely N-dealkylation sites (tertiary alicyclic amines) is 1. The number of guanidine groups is 1. The van der Waals surface area contributed by atoms with E-state index in [1.807, 2.05) is 7.05 Å². The Kier molecular flexibility index (Phi) is 12.8. The molecule has 2 aliphatic rings. The predicted octanol–water partition coefficient (Wildman–Crippen LogP) is 1.03. The number of nitrogens with one attached hydrogen (secondary N) is 1. The summed E-state index contributed by atoms with van der Waals surface area (Å²) in [6.45, 7) is 9.12. The smallest absolute Gasteiger partial charge is 0.193 e. The van der Waals surface area contributed by atoms with Gasteiger partial charge in [0.15, 0.2) is 5.96 Å². The quantitative estimate of drug-likeness (QED) is 0.235. The highest BCUT2D eigenvalue weighted by Gasteiger charge is 2.30. The van der Waals surface area contributed by atoms with Gasteiger partial charge in [-0.15, -0.1) is 24.0 Å². The van der Waals surface area contributed by atoms with Gasteiger partial charge < -0.3 is 24.4 Å². The minimum atomic E-state index is 0. The first-order valence-corrected chi connectivity index (χ1v) is 9.19. The van der Waals surface area contributed by atoms with E-state index in [2.05, 4.69) is 20.1 Å². The second kappa shape index (κ2) is 14.0. The highest BCUT2D eigenvalue weighted by Crippen LogP contribution is 2.17. The van der Waals surface area contributed by atoms with Gasteiger partial charge in [0, 0.05) is 59.5 Å². The molecule has 0 saturated carbocycles. The van der Waals surface area contributed by atoms with E-state index in [4.69, 9.17) is 14.2 Å². The predicted molar refractivity (Wildman–Crippen MR) is 111 cm³/mol. The number of methoxy groups -OCH3 is 1. The molecule has 0 bridgehead atoms. The minimum absolute atomic E-state index is 0. The summed E-state index contributed by atoms with van der Waals surface area (Å²) in [5.41, 5.74) is 0. The summed E-state index contributed by atoms with van der Waals surface area (Å²) in [6, 6.07) is 0.640. The molecule has 0 aromatic heterocycles. The largest absolute Gasteiger partial charge is 0.382 e. The summed E-state index contributed by atoms with van der Waals surface area (Å²) in [4.78, 5) is 9.40. The Morgan fingerprint density at radius 3 is 2.68 bits per heavy atom. The zero-order chi connectivity index (χ0) is 17.0. The summed E-state index contributed by atoms with van der Waals surface area (Å²) in [5.74, 6) is 1.03. The maximum Gasteiger partial charge on any atom is 0.193 e. The van der Waals surface area contributed by atoms with E-state index in [9.17, 15) is 0 Å². The van der Waals surface area contributed by atoms with Gasteiger partial charge in [-0.05, 0) is 19.3 Å². The zero-order valence-corrected chi connectivity index (χ0v) is 18.1. The second-order valence-electron chi connectivity index (χ2n) is 6.32. The second-order valence-corrected chi connectivity index (χ2v) is 6.32. The van der Waals surface area contributed by atoms with Crippen LogP contribution in [0.2, 0.25) is 0 Å².